The molecule has 2 fully saturated rings. The zero-order valence-corrected chi connectivity index (χ0v) is 13.4. The van der Waals surface area contributed by atoms with Gasteiger partial charge in [-0.05, 0) is 49.7 Å². The van der Waals surface area contributed by atoms with Crippen LogP contribution in [0.3, 0.4) is 0 Å². The third-order valence-corrected chi connectivity index (χ3v) is 5.16. The largest absolute Gasteiger partial charge is 0.416 e. The van der Waals surface area contributed by atoms with Gasteiger partial charge in [-0.3, -0.25) is 4.90 Å². The van der Waals surface area contributed by atoms with Crippen molar-refractivity contribution >= 4 is 16.7 Å². The van der Waals surface area contributed by atoms with Crippen LogP contribution in [0.15, 0.2) is 30.3 Å². The third kappa shape index (κ3) is 2.95. The number of fused-ring (bicyclic) bond motifs is 2. The van der Waals surface area contributed by atoms with Crippen molar-refractivity contribution in [3.05, 3.63) is 35.9 Å². The van der Waals surface area contributed by atoms with E-state index in [9.17, 15) is 13.2 Å². The quantitative estimate of drug-likeness (QED) is 0.787. The number of pyridine rings is 1. The normalized spacial score (nSPS) is 22.6. The lowest BCUT2D eigenvalue weighted by atomic mass is 9.99. The number of hydrogen-bond donors (Lipinski definition) is 0. The molecule has 2 aromatic rings. The van der Waals surface area contributed by atoms with Gasteiger partial charge in [0.1, 0.15) is 5.82 Å². The van der Waals surface area contributed by atoms with Crippen molar-refractivity contribution in [1.82, 2.24) is 9.88 Å². The van der Waals surface area contributed by atoms with Crippen molar-refractivity contribution in [2.75, 3.05) is 31.1 Å². The van der Waals surface area contributed by atoms with Gasteiger partial charge in [0.25, 0.3) is 0 Å². The van der Waals surface area contributed by atoms with Crippen molar-refractivity contribution < 1.29 is 13.2 Å². The lowest BCUT2D eigenvalue weighted by Gasteiger charge is -2.44. The van der Waals surface area contributed by atoms with Crippen LogP contribution in [0.25, 0.3) is 10.9 Å². The van der Waals surface area contributed by atoms with Crippen molar-refractivity contribution in [1.29, 1.82) is 0 Å². The molecule has 1 aromatic carbocycles. The average Bonchev–Trinajstić information content (AvgIpc) is 2.59. The molecule has 0 N–H and O–H groups in total. The monoisotopic (exact) mass is 335 g/mol. The highest BCUT2D eigenvalue weighted by atomic mass is 19.4. The predicted molar refractivity (Wildman–Crippen MR) is 88.2 cm³/mol. The molecular weight excluding hydrogens is 315 g/mol. The van der Waals surface area contributed by atoms with Crippen LogP contribution >= 0.6 is 0 Å². The standard InChI is InChI=1S/C18H20F3N3/c19-18(20,21)14-5-6-16-13(11-14)4-7-17(22-16)24-10-9-23-8-2-1-3-15(23)12-24/h4-7,11,15H,1-3,8-10,12H2. The Morgan fingerprint density at radius 3 is 2.71 bits per heavy atom. The molecule has 3 heterocycles. The zero-order valence-electron chi connectivity index (χ0n) is 13.4. The summed E-state index contributed by atoms with van der Waals surface area (Å²) in [5.74, 6) is 0.868. The van der Waals surface area contributed by atoms with E-state index in [0.29, 0.717) is 16.9 Å². The van der Waals surface area contributed by atoms with Crippen LogP contribution in [0.4, 0.5) is 19.0 Å². The van der Waals surface area contributed by atoms with Gasteiger partial charge in [0.15, 0.2) is 0 Å². The second-order valence-electron chi connectivity index (χ2n) is 6.71. The molecule has 128 valence electrons. The summed E-state index contributed by atoms with van der Waals surface area (Å²) >= 11 is 0. The molecule has 0 saturated carbocycles. The first-order valence-electron chi connectivity index (χ1n) is 8.48. The van der Waals surface area contributed by atoms with E-state index < -0.39 is 11.7 Å². The number of benzene rings is 1. The SMILES string of the molecule is FC(F)(F)c1ccc2nc(N3CCN4CCCCC4C3)ccc2c1. The van der Waals surface area contributed by atoms with Gasteiger partial charge >= 0.3 is 6.18 Å². The van der Waals surface area contributed by atoms with E-state index in [1.165, 1.54) is 37.9 Å². The smallest absolute Gasteiger partial charge is 0.354 e. The molecule has 0 bridgehead atoms. The third-order valence-electron chi connectivity index (χ3n) is 5.16. The molecule has 4 rings (SSSR count). The van der Waals surface area contributed by atoms with E-state index in [4.69, 9.17) is 0 Å². The molecule has 0 spiro atoms. The van der Waals surface area contributed by atoms with E-state index in [0.717, 1.165) is 31.5 Å². The Hall–Kier alpha value is -1.82. The molecule has 2 aliphatic heterocycles. The molecule has 1 unspecified atom stereocenters. The molecule has 3 nitrogen and oxygen atoms in total. The maximum absolute atomic E-state index is 12.8. The van der Waals surface area contributed by atoms with Crippen LogP contribution in [0.1, 0.15) is 24.8 Å². The Balaban J connectivity index is 1.59. The van der Waals surface area contributed by atoms with E-state index in [-0.39, 0.29) is 0 Å². The molecule has 24 heavy (non-hydrogen) atoms. The number of nitrogens with zero attached hydrogens (tertiary/aromatic N) is 3. The van der Waals surface area contributed by atoms with Gasteiger partial charge in [0.2, 0.25) is 0 Å². The number of anilines is 1. The number of aromatic nitrogens is 1. The fourth-order valence-corrected chi connectivity index (χ4v) is 3.83. The fraction of sp³-hybridized carbons (Fsp3) is 0.500. The number of piperazine rings is 1. The first kappa shape index (κ1) is 15.7. The van der Waals surface area contributed by atoms with Crippen LogP contribution in [0, 0.1) is 0 Å². The topological polar surface area (TPSA) is 19.4 Å². The molecular formula is C18H20F3N3. The number of halogens is 3. The van der Waals surface area contributed by atoms with Gasteiger partial charge in [0.05, 0.1) is 11.1 Å². The molecule has 6 heteroatoms. The Labute approximate surface area is 139 Å². The van der Waals surface area contributed by atoms with Crippen LogP contribution in [-0.2, 0) is 6.18 Å². The Bertz CT molecular complexity index is 744. The van der Waals surface area contributed by atoms with Gasteiger partial charge in [-0.25, -0.2) is 4.98 Å². The fourth-order valence-electron chi connectivity index (χ4n) is 3.83. The van der Waals surface area contributed by atoms with Gasteiger partial charge in [-0.15, -0.1) is 0 Å². The van der Waals surface area contributed by atoms with E-state index in [2.05, 4.69) is 14.8 Å². The molecule has 1 aromatic heterocycles. The maximum atomic E-state index is 12.8. The number of rotatable bonds is 1. The Kier molecular flexibility index (Phi) is 3.87. The molecule has 0 aliphatic carbocycles. The molecule has 2 aliphatic rings. The van der Waals surface area contributed by atoms with Crippen LogP contribution in [-0.4, -0.2) is 42.1 Å². The highest BCUT2D eigenvalue weighted by molar-refractivity contribution is 5.81. The van der Waals surface area contributed by atoms with Crippen LogP contribution < -0.4 is 4.90 Å². The lowest BCUT2D eigenvalue weighted by Crippen LogP contribution is -2.55. The molecule has 2 saturated heterocycles. The van der Waals surface area contributed by atoms with Crippen molar-refractivity contribution in [3.8, 4) is 0 Å². The second-order valence-corrected chi connectivity index (χ2v) is 6.71. The van der Waals surface area contributed by atoms with Crippen LogP contribution in [0.5, 0.6) is 0 Å². The highest BCUT2D eigenvalue weighted by Gasteiger charge is 2.31. The summed E-state index contributed by atoms with van der Waals surface area (Å²) in [4.78, 5) is 9.42. The molecule has 1 atom stereocenters. The summed E-state index contributed by atoms with van der Waals surface area (Å²) in [6.07, 6.45) is -0.532. The second kappa shape index (κ2) is 5.92. The summed E-state index contributed by atoms with van der Waals surface area (Å²) in [5, 5.41) is 0.532. The summed E-state index contributed by atoms with van der Waals surface area (Å²) < 4.78 is 38.4. The minimum atomic E-state index is -4.32. The van der Waals surface area contributed by atoms with Gasteiger partial charge in [0, 0.05) is 31.1 Å². The van der Waals surface area contributed by atoms with Gasteiger partial charge in [-0.1, -0.05) is 6.42 Å². The van der Waals surface area contributed by atoms with E-state index in [1.807, 2.05) is 6.07 Å². The minimum absolute atomic E-state index is 0.532. The summed E-state index contributed by atoms with van der Waals surface area (Å²) in [6, 6.07) is 7.93. The summed E-state index contributed by atoms with van der Waals surface area (Å²) in [5.41, 5.74) is -0.00746. The van der Waals surface area contributed by atoms with Crippen molar-refractivity contribution in [2.24, 2.45) is 0 Å². The van der Waals surface area contributed by atoms with Crippen molar-refractivity contribution in [2.45, 2.75) is 31.5 Å². The summed E-state index contributed by atoms with van der Waals surface area (Å²) in [7, 11) is 0. The summed E-state index contributed by atoms with van der Waals surface area (Å²) in [6.45, 7) is 4.11. The first-order chi connectivity index (χ1) is 11.5. The van der Waals surface area contributed by atoms with Gasteiger partial charge in [-0.2, -0.15) is 13.2 Å². The van der Waals surface area contributed by atoms with E-state index >= 15 is 0 Å². The molecule has 0 radical (unpaired) electrons. The predicted octanol–water partition coefficient (Wildman–Crippen LogP) is 3.93. The average molecular weight is 335 g/mol. The lowest BCUT2D eigenvalue weighted by molar-refractivity contribution is -0.137. The van der Waals surface area contributed by atoms with Crippen molar-refractivity contribution in [3.63, 3.8) is 0 Å². The zero-order chi connectivity index (χ0) is 16.7. The van der Waals surface area contributed by atoms with E-state index in [1.54, 1.807) is 6.07 Å². The Morgan fingerprint density at radius 1 is 1.00 bits per heavy atom. The maximum Gasteiger partial charge on any atom is 0.416 e. The number of alkyl halides is 3. The number of hydrogen-bond acceptors (Lipinski definition) is 3. The minimum Gasteiger partial charge on any atom is -0.354 e. The number of piperidine rings is 1. The van der Waals surface area contributed by atoms with Crippen LogP contribution in [0.2, 0.25) is 0 Å². The molecule has 0 amide bonds. The van der Waals surface area contributed by atoms with Gasteiger partial charge < -0.3 is 4.90 Å². The highest BCUT2D eigenvalue weighted by Crippen LogP contribution is 2.32. The first-order valence-corrected chi connectivity index (χ1v) is 8.48. The Morgan fingerprint density at radius 2 is 1.88 bits per heavy atom.